The lowest BCUT2D eigenvalue weighted by Gasteiger charge is -2.20. The van der Waals surface area contributed by atoms with Crippen LogP contribution in [0.15, 0.2) is 0 Å². The van der Waals surface area contributed by atoms with Crippen LogP contribution in [0.1, 0.15) is 59.3 Å². The second-order valence-corrected chi connectivity index (χ2v) is 3.88. The fourth-order valence-corrected chi connectivity index (χ4v) is 1.64. The summed E-state index contributed by atoms with van der Waals surface area (Å²) in [7, 11) is 0. The maximum atomic E-state index is 8.86. The SMILES string of the molecule is CCCCC(CCC)NC(C#N)CC. The average molecular weight is 196 g/mol. The Morgan fingerprint density at radius 2 is 1.86 bits per heavy atom. The van der Waals surface area contributed by atoms with E-state index in [-0.39, 0.29) is 6.04 Å². The van der Waals surface area contributed by atoms with Crippen molar-refractivity contribution in [2.45, 2.75) is 71.4 Å². The first-order valence-corrected chi connectivity index (χ1v) is 5.94. The van der Waals surface area contributed by atoms with E-state index in [0.29, 0.717) is 6.04 Å². The van der Waals surface area contributed by atoms with Crippen molar-refractivity contribution in [2.24, 2.45) is 0 Å². The molecule has 0 aromatic carbocycles. The molecule has 2 nitrogen and oxygen atoms in total. The molecule has 0 radical (unpaired) electrons. The minimum atomic E-state index is 0.0448. The van der Waals surface area contributed by atoms with Crippen molar-refractivity contribution in [1.29, 1.82) is 5.26 Å². The number of rotatable bonds is 8. The molecule has 14 heavy (non-hydrogen) atoms. The molecule has 0 amide bonds. The summed E-state index contributed by atoms with van der Waals surface area (Å²) in [5, 5.41) is 12.3. The van der Waals surface area contributed by atoms with Crippen LogP contribution in [0.25, 0.3) is 0 Å². The van der Waals surface area contributed by atoms with Gasteiger partial charge in [-0.15, -0.1) is 0 Å². The van der Waals surface area contributed by atoms with Gasteiger partial charge in [0, 0.05) is 6.04 Å². The van der Waals surface area contributed by atoms with E-state index >= 15 is 0 Å². The molecule has 0 aliphatic rings. The van der Waals surface area contributed by atoms with E-state index in [4.69, 9.17) is 5.26 Å². The van der Waals surface area contributed by atoms with Crippen molar-refractivity contribution in [3.8, 4) is 6.07 Å². The molecule has 82 valence electrons. The van der Waals surface area contributed by atoms with E-state index in [9.17, 15) is 0 Å². The lowest BCUT2D eigenvalue weighted by molar-refractivity contribution is 0.406. The quantitative estimate of drug-likeness (QED) is 0.647. The second-order valence-electron chi connectivity index (χ2n) is 3.88. The van der Waals surface area contributed by atoms with Crippen LogP contribution in [0.2, 0.25) is 0 Å². The number of hydrogen-bond acceptors (Lipinski definition) is 2. The van der Waals surface area contributed by atoms with E-state index in [1.165, 1.54) is 32.1 Å². The van der Waals surface area contributed by atoms with Crippen molar-refractivity contribution in [1.82, 2.24) is 5.32 Å². The van der Waals surface area contributed by atoms with Gasteiger partial charge in [0.05, 0.1) is 12.1 Å². The Morgan fingerprint density at radius 3 is 2.29 bits per heavy atom. The van der Waals surface area contributed by atoms with Crippen molar-refractivity contribution < 1.29 is 0 Å². The highest BCUT2D eigenvalue weighted by Crippen LogP contribution is 2.08. The highest BCUT2D eigenvalue weighted by Gasteiger charge is 2.11. The smallest absolute Gasteiger partial charge is 0.0952 e. The molecule has 0 rings (SSSR count). The molecule has 2 unspecified atom stereocenters. The molecule has 0 saturated heterocycles. The van der Waals surface area contributed by atoms with Crippen LogP contribution in [0.4, 0.5) is 0 Å². The maximum absolute atomic E-state index is 8.86. The molecule has 0 aliphatic carbocycles. The van der Waals surface area contributed by atoms with Gasteiger partial charge in [-0.3, -0.25) is 5.32 Å². The lowest BCUT2D eigenvalue weighted by atomic mass is 10.0. The van der Waals surface area contributed by atoms with E-state index in [2.05, 4.69) is 32.2 Å². The molecule has 0 fully saturated rings. The Hall–Kier alpha value is -0.550. The van der Waals surface area contributed by atoms with Gasteiger partial charge in [0.1, 0.15) is 0 Å². The molecule has 1 N–H and O–H groups in total. The fourth-order valence-electron chi connectivity index (χ4n) is 1.64. The van der Waals surface area contributed by atoms with Crippen LogP contribution in [0, 0.1) is 11.3 Å². The van der Waals surface area contributed by atoms with Gasteiger partial charge in [-0.1, -0.05) is 40.0 Å². The Labute approximate surface area is 88.7 Å². The van der Waals surface area contributed by atoms with Crippen LogP contribution < -0.4 is 5.32 Å². The van der Waals surface area contributed by atoms with Crippen LogP contribution in [0.3, 0.4) is 0 Å². The van der Waals surface area contributed by atoms with Crippen LogP contribution in [0.5, 0.6) is 0 Å². The van der Waals surface area contributed by atoms with Gasteiger partial charge in [0.15, 0.2) is 0 Å². The topological polar surface area (TPSA) is 35.8 Å². The number of nitrogens with one attached hydrogen (secondary N) is 1. The van der Waals surface area contributed by atoms with E-state index in [1.54, 1.807) is 0 Å². The molecule has 0 heterocycles. The predicted octanol–water partition coefficient (Wildman–Crippen LogP) is 3.24. The van der Waals surface area contributed by atoms with Crippen LogP contribution >= 0.6 is 0 Å². The minimum absolute atomic E-state index is 0.0448. The summed E-state index contributed by atoms with van der Waals surface area (Å²) in [5.41, 5.74) is 0. The lowest BCUT2D eigenvalue weighted by Crippen LogP contribution is -2.37. The molecule has 0 spiro atoms. The van der Waals surface area contributed by atoms with Crippen molar-refractivity contribution in [3.05, 3.63) is 0 Å². The van der Waals surface area contributed by atoms with E-state index < -0.39 is 0 Å². The first-order valence-electron chi connectivity index (χ1n) is 5.94. The first-order chi connectivity index (χ1) is 6.78. The van der Waals surface area contributed by atoms with Crippen LogP contribution in [-0.2, 0) is 0 Å². The highest BCUT2D eigenvalue weighted by molar-refractivity contribution is 4.90. The maximum Gasteiger partial charge on any atom is 0.0952 e. The van der Waals surface area contributed by atoms with Gasteiger partial charge in [-0.25, -0.2) is 0 Å². The molecular formula is C12H24N2. The van der Waals surface area contributed by atoms with Gasteiger partial charge in [0.25, 0.3) is 0 Å². The first kappa shape index (κ1) is 13.4. The summed E-state index contributed by atoms with van der Waals surface area (Å²) < 4.78 is 0. The molecule has 2 heteroatoms. The third-order valence-corrected chi connectivity index (χ3v) is 2.54. The zero-order valence-corrected chi connectivity index (χ0v) is 9.84. The Morgan fingerprint density at radius 1 is 1.14 bits per heavy atom. The van der Waals surface area contributed by atoms with Crippen molar-refractivity contribution in [3.63, 3.8) is 0 Å². The molecule has 0 aromatic heterocycles. The summed E-state index contributed by atoms with van der Waals surface area (Å²) in [6.07, 6.45) is 7.01. The van der Waals surface area contributed by atoms with Gasteiger partial charge in [0.2, 0.25) is 0 Å². The summed E-state index contributed by atoms with van der Waals surface area (Å²) in [6.45, 7) is 6.47. The summed E-state index contributed by atoms with van der Waals surface area (Å²) in [5.74, 6) is 0. The van der Waals surface area contributed by atoms with Gasteiger partial charge in [-0.05, 0) is 19.3 Å². The number of nitrogens with zero attached hydrogens (tertiary/aromatic N) is 1. The average Bonchev–Trinajstić information content (AvgIpc) is 2.22. The van der Waals surface area contributed by atoms with E-state index in [1.807, 2.05) is 0 Å². The molecule has 0 bridgehead atoms. The summed E-state index contributed by atoms with van der Waals surface area (Å²) >= 11 is 0. The summed E-state index contributed by atoms with van der Waals surface area (Å²) in [4.78, 5) is 0. The van der Waals surface area contributed by atoms with Crippen LogP contribution in [-0.4, -0.2) is 12.1 Å². The third kappa shape index (κ3) is 5.99. The normalized spacial score (nSPS) is 14.7. The van der Waals surface area contributed by atoms with Gasteiger partial charge in [-0.2, -0.15) is 5.26 Å². The van der Waals surface area contributed by atoms with Gasteiger partial charge < -0.3 is 0 Å². The summed E-state index contributed by atoms with van der Waals surface area (Å²) in [6, 6.07) is 2.90. The molecule has 0 aromatic rings. The van der Waals surface area contributed by atoms with Crippen molar-refractivity contribution >= 4 is 0 Å². The zero-order chi connectivity index (χ0) is 10.8. The van der Waals surface area contributed by atoms with Crippen molar-refractivity contribution in [2.75, 3.05) is 0 Å². The Balaban J connectivity index is 3.87. The largest absolute Gasteiger partial charge is 0.299 e. The second kappa shape index (κ2) is 9.02. The molecule has 2 atom stereocenters. The minimum Gasteiger partial charge on any atom is -0.299 e. The Bertz CT molecular complexity index is 160. The monoisotopic (exact) mass is 196 g/mol. The fraction of sp³-hybridized carbons (Fsp3) is 0.917. The number of hydrogen-bond donors (Lipinski definition) is 1. The third-order valence-electron chi connectivity index (χ3n) is 2.54. The zero-order valence-electron chi connectivity index (χ0n) is 9.84. The predicted molar refractivity (Wildman–Crippen MR) is 61.0 cm³/mol. The highest BCUT2D eigenvalue weighted by atomic mass is 14.9. The molecule has 0 saturated carbocycles. The van der Waals surface area contributed by atoms with E-state index in [0.717, 1.165) is 6.42 Å². The molecular weight excluding hydrogens is 172 g/mol. The standard InChI is InChI=1S/C12H24N2/c1-4-7-9-12(8-5-2)14-11(6-3)10-13/h11-12,14H,4-9H2,1-3H3. The number of nitriles is 1. The number of unbranched alkanes of at least 4 members (excludes halogenated alkanes) is 1. The molecule has 0 aliphatic heterocycles. The Kier molecular flexibility index (Phi) is 8.67. The van der Waals surface area contributed by atoms with Gasteiger partial charge >= 0.3 is 0 Å².